The van der Waals surface area contributed by atoms with E-state index in [1.165, 1.54) is 0 Å². The topological polar surface area (TPSA) is 0 Å². The number of allylic oxidation sites excluding steroid dienone is 4. The molecular formula is C8H11Mn. The van der Waals surface area contributed by atoms with E-state index in [1.54, 1.807) is 4.47 Å². The molecule has 0 amide bonds. The summed E-state index contributed by atoms with van der Waals surface area (Å²) in [6, 6.07) is 0. The second-order valence-corrected chi connectivity index (χ2v) is 4.77. The van der Waals surface area contributed by atoms with Crippen LogP contribution in [0.2, 0.25) is 5.82 Å². The molecule has 1 aliphatic rings. The van der Waals surface area contributed by atoms with E-state index in [1.807, 2.05) is 0 Å². The van der Waals surface area contributed by atoms with Gasteiger partial charge in [-0.25, -0.2) is 0 Å². The van der Waals surface area contributed by atoms with Crippen LogP contribution in [0.3, 0.4) is 0 Å². The Morgan fingerprint density at radius 1 is 1.78 bits per heavy atom. The molecule has 0 aromatic carbocycles. The first kappa shape index (κ1) is 6.85. The molecule has 0 fully saturated rings. The predicted molar refractivity (Wildman–Crippen MR) is 37.9 cm³/mol. The molecule has 9 heavy (non-hydrogen) atoms. The maximum atomic E-state index is 3.78. The van der Waals surface area contributed by atoms with Gasteiger partial charge in [-0.2, -0.15) is 0 Å². The fourth-order valence-electron chi connectivity index (χ4n) is 0.741. The molecule has 1 aliphatic carbocycles. The van der Waals surface area contributed by atoms with Gasteiger partial charge in [0, 0.05) is 0 Å². The van der Waals surface area contributed by atoms with E-state index in [9.17, 15) is 0 Å². The van der Waals surface area contributed by atoms with Crippen molar-refractivity contribution < 1.29 is 13.9 Å². The van der Waals surface area contributed by atoms with Crippen molar-refractivity contribution in [1.82, 2.24) is 0 Å². The second kappa shape index (κ2) is 3.05. The fourth-order valence-corrected chi connectivity index (χ4v) is 1.99. The molecule has 0 aliphatic heterocycles. The van der Waals surface area contributed by atoms with Crippen LogP contribution in [-0.2, 0) is 13.9 Å². The Hall–Kier alpha value is -0.261. The summed E-state index contributed by atoms with van der Waals surface area (Å²) in [5, 5.41) is 0. The standard InChI is InChI=1S/C5H5.C2H3.CH3.Mn/c1-2-4-5-3-1;1-2;;/h1-3H,4H2;1H,2H2;1H3;. The van der Waals surface area contributed by atoms with Crippen molar-refractivity contribution in [3.8, 4) is 0 Å². The summed E-state index contributed by atoms with van der Waals surface area (Å²) in [6.07, 6.45) is 7.72. The van der Waals surface area contributed by atoms with Crippen LogP contribution in [-0.4, -0.2) is 0 Å². The van der Waals surface area contributed by atoms with E-state index < -0.39 is 0 Å². The van der Waals surface area contributed by atoms with Gasteiger partial charge in [0.1, 0.15) is 0 Å². The normalized spacial score (nSPS) is 17.4. The first-order valence-corrected chi connectivity index (χ1v) is 5.36. The molecule has 0 aromatic rings. The van der Waals surface area contributed by atoms with E-state index in [2.05, 4.69) is 35.6 Å². The Morgan fingerprint density at radius 2 is 2.56 bits per heavy atom. The summed E-state index contributed by atoms with van der Waals surface area (Å²) < 4.78 is 1.58. The molecule has 0 heterocycles. The van der Waals surface area contributed by atoms with Gasteiger partial charge in [-0.1, -0.05) is 0 Å². The zero-order valence-corrected chi connectivity index (χ0v) is 6.78. The van der Waals surface area contributed by atoms with Gasteiger partial charge >= 0.3 is 60.4 Å². The van der Waals surface area contributed by atoms with E-state index in [0.29, 0.717) is 0 Å². The van der Waals surface area contributed by atoms with Crippen molar-refractivity contribution in [1.29, 1.82) is 0 Å². The van der Waals surface area contributed by atoms with E-state index in [-0.39, 0.29) is 13.9 Å². The number of hydrogen-bond acceptors (Lipinski definition) is 0. The molecule has 1 rings (SSSR count). The third-order valence-electron chi connectivity index (χ3n) is 1.34. The summed E-state index contributed by atoms with van der Waals surface area (Å²) in [5.74, 6) is 2.28. The van der Waals surface area contributed by atoms with E-state index in [4.69, 9.17) is 0 Å². The molecular weight excluding hydrogens is 151 g/mol. The molecule has 0 atom stereocenters. The van der Waals surface area contributed by atoms with Crippen molar-refractivity contribution in [3.63, 3.8) is 0 Å². The van der Waals surface area contributed by atoms with Crippen LogP contribution in [0.15, 0.2) is 34.3 Å². The van der Waals surface area contributed by atoms with E-state index in [0.717, 1.165) is 6.42 Å². The molecule has 0 nitrogen and oxygen atoms in total. The van der Waals surface area contributed by atoms with Crippen LogP contribution in [0.25, 0.3) is 0 Å². The molecule has 0 N–H and O–H groups in total. The Morgan fingerprint density at radius 3 is 3.00 bits per heavy atom. The van der Waals surface area contributed by atoms with E-state index >= 15 is 0 Å². The van der Waals surface area contributed by atoms with Gasteiger partial charge in [0.25, 0.3) is 0 Å². The summed E-state index contributed by atoms with van der Waals surface area (Å²) >= 11 is -0.365. The summed E-state index contributed by atoms with van der Waals surface area (Å²) in [5.41, 5.74) is 0. The van der Waals surface area contributed by atoms with Crippen LogP contribution in [0.1, 0.15) is 6.42 Å². The predicted octanol–water partition coefficient (Wildman–Crippen LogP) is 2.64. The average molecular weight is 162 g/mol. The third-order valence-corrected chi connectivity index (χ3v) is 3.70. The van der Waals surface area contributed by atoms with Crippen LogP contribution in [0.5, 0.6) is 0 Å². The van der Waals surface area contributed by atoms with Crippen molar-refractivity contribution >= 4 is 0 Å². The number of hydrogen-bond donors (Lipinski definition) is 0. The Balaban J connectivity index is 2.54. The molecule has 50 valence electrons. The second-order valence-electron chi connectivity index (χ2n) is 1.92. The molecule has 0 spiro atoms. The summed E-state index contributed by atoms with van der Waals surface area (Å²) in [7, 11) is 0. The minimum absolute atomic E-state index is 0.365. The van der Waals surface area contributed by atoms with Crippen molar-refractivity contribution in [3.05, 3.63) is 34.3 Å². The maximum absolute atomic E-state index is 3.78. The van der Waals surface area contributed by atoms with Crippen molar-refractivity contribution in [2.75, 3.05) is 0 Å². The van der Waals surface area contributed by atoms with Crippen molar-refractivity contribution in [2.24, 2.45) is 0 Å². The summed E-state index contributed by atoms with van der Waals surface area (Å²) in [6.45, 7) is 3.78. The van der Waals surface area contributed by atoms with Gasteiger partial charge in [0.15, 0.2) is 0 Å². The zero-order chi connectivity index (χ0) is 6.69. The third kappa shape index (κ3) is 1.57. The molecule has 0 bridgehead atoms. The Bertz CT molecular complexity index is 165. The van der Waals surface area contributed by atoms with Gasteiger partial charge in [-0.05, 0) is 0 Å². The monoisotopic (exact) mass is 162 g/mol. The van der Waals surface area contributed by atoms with Gasteiger partial charge in [0.05, 0.1) is 0 Å². The molecule has 1 heteroatoms. The molecule has 0 aromatic heterocycles. The van der Waals surface area contributed by atoms with Gasteiger partial charge in [-0.3, -0.25) is 0 Å². The Labute approximate surface area is 60.8 Å². The fraction of sp³-hybridized carbons (Fsp3) is 0.250. The van der Waals surface area contributed by atoms with Crippen LogP contribution >= 0.6 is 0 Å². The average Bonchev–Trinajstić information content (AvgIpc) is 2.37. The SMILES string of the molecule is C=[CH][Mn]([CH3])[C]1=CC=CC1. The van der Waals surface area contributed by atoms with Crippen LogP contribution < -0.4 is 0 Å². The van der Waals surface area contributed by atoms with Gasteiger partial charge in [-0.15, -0.1) is 0 Å². The number of rotatable bonds is 2. The first-order chi connectivity index (χ1) is 4.34. The van der Waals surface area contributed by atoms with Crippen molar-refractivity contribution in [2.45, 2.75) is 12.2 Å². The Kier molecular flexibility index (Phi) is 2.32. The minimum atomic E-state index is -0.365. The first-order valence-electron chi connectivity index (χ1n) is 2.91. The van der Waals surface area contributed by atoms with Gasteiger partial charge in [0.2, 0.25) is 0 Å². The molecule has 0 radical (unpaired) electrons. The zero-order valence-electron chi connectivity index (χ0n) is 5.60. The quantitative estimate of drug-likeness (QED) is 0.547. The summed E-state index contributed by atoms with van der Waals surface area (Å²) in [4.78, 5) is 2.09. The molecule has 0 unspecified atom stereocenters. The molecule has 0 saturated heterocycles. The van der Waals surface area contributed by atoms with Gasteiger partial charge < -0.3 is 0 Å². The molecule has 0 saturated carbocycles. The van der Waals surface area contributed by atoms with Crippen LogP contribution in [0, 0.1) is 0 Å². The van der Waals surface area contributed by atoms with Crippen LogP contribution in [0.4, 0.5) is 0 Å².